The summed E-state index contributed by atoms with van der Waals surface area (Å²) in [5, 5.41) is 1.13. The third-order valence-corrected chi connectivity index (χ3v) is 4.21. The number of nitrogens with zero attached hydrogens (tertiary/aromatic N) is 1. The number of pyridine rings is 1. The van der Waals surface area contributed by atoms with Crippen LogP contribution in [0.1, 0.15) is 22.4 Å². The molecule has 0 radical (unpaired) electrons. The number of hydrogen-bond acceptors (Lipinski definition) is 1. The lowest BCUT2D eigenvalue weighted by molar-refractivity contribution is 0.616. The SMILES string of the molecule is Cc1c(F)ccc2c1CC=C2c1ccc2ccccc2n1. The Balaban J connectivity index is 1.87. The van der Waals surface area contributed by atoms with Crippen LogP contribution in [-0.4, -0.2) is 4.98 Å². The van der Waals surface area contributed by atoms with Crippen LogP contribution in [0.15, 0.2) is 54.6 Å². The topological polar surface area (TPSA) is 12.9 Å². The van der Waals surface area contributed by atoms with Crippen molar-refractivity contribution in [2.75, 3.05) is 0 Å². The second kappa shape index (κ2) is 4.52. The maximum Gasteiger partial charge on any atom is 0.126 e. The predicted octanol–water partition coefficient (Wildman–Crippen LogP) is 4.67. The van der Waals surface area contributed by atoms with E-state index in [1.165, 1.54) is 0 Å². The molecular formula is C19H14FN. The Hall–Kier alpha value is -2.48. The van der Waals surface area contributed by atoms with Gasteiger partial charge in [0.15, 0.2) is 0 Å². The molecule has 2 aromatic carbocycles. The summed E-state index contributed by atoms with van der Waals surface area (Å²) in [4.78, 5) is 4.75. The lowest BCUT2D eigenvalue weighted by atomic mass is 9.98. The van der Waals surface area contributed by atoms with E-state index in [4.69, 9.17) is 4.98 Å². The van der Waals surface area contributed by atoms with Gasteiger partial charge < -0.3 is 0 Å². The second-order valence-electron chi connectivity index (χ2n) is 5.41. The highest BCUT2D eigenvalue weighted by atomic mass is 19.1. The molecule has 0 fully saturated rings. The zero-order valence-electron chi connectivity index (χ0n) is 11.7. The van der Waals surface area contributed by atoms with Crippen molar-refractivity contribution in [1.29, 1.82) is 0 Å². The number of aromatic nitrogens is 1. The molecule has 0 bridgehead atoms. The Bertz CT molecular complexity index is 893. The van der Waals surface area contributed by atoms with Crippen LogP contribution in [0.4, 0.5) is 4.39 Å². The number of halogens is 1. The molecule has 0 N–H and O–H groups in total. The first-order valence-corrected chi connectivity index (χ1v) is 7.09. The molecule has 21 heavy (non-hydrogen) atoms. The van der Waals surface area contributed by atoms with E-state index in [1.807, 2.05) is 37.3 Å². The van der Waals surface area contributed by atoms with Gasteiger partial charge in [0.1, 0.15) is 5.82 Å². The van der Waals surface area contributed by atoms with Crippen molar-refractivity contribution in [2.24, 2.45) is 0 Å². The Morgan fingerprint density at radius 1 is 1.00 bits per heavy atom. The van der Waals surface area contributed by atoms with Gasteiger partial charge in [0.05, 0.1) is 11.2 Å². The summed E-state index contributed by atoms with van der Waals surface area (Å²) in [6, 6.07) is 15.6. The third kappa shape index (κ3) is 1.87. The van der Waals surface area contributed by atoms with Gasteiger partial charge >= 0.3 is 0 Å². The number of benzene rings is 2. The molecule has 0 unspecified atom stereocenters. The van der Waals surface area contributed by atoms with E-state index in [1.54, 1.807) is 6.07 Å². The summed E-state index contributed by atoms with van der Waals surface area (Å²) < 4.78 is 13.7. The van der Waals surface area contributed by atoms with E-state index in [0.717, 1.165) is 45.3 Å². The van der Waals surface area contributed by atoms with Gasteiger partial charge in [0.2, 0.25) is 0 Å². The van der Waals surface area contributed by atoms with E-state index >= 15 is 0 Å². The van der Waals surface area contributed by atoms with Crippen molar-refractivity contribution >= 4 is 16.5 Å². The quantitative estimate of drug-likeness (QED) is 0.629. The van der Waals surface area contributed by atoms with Gasteiger partial charge in [0.25, 0.3) is 0 Å². The third-order valence-electron chi connectivity index (χ3n) is 4.21. The van der Waals surface area contributed by atoms with Gasteiger partial charge in [-0.25, -0.2) is 9.37 Å². The van der Waals surface area contributed by atoms with E-state index in [0.29, 0.717) is 0 Å². The Morgan fingerprint density at radius 3 is 2.76 bits per heavy atom. The van der Waals surface area contributed by atoms with Gasteiger partial charge in [0, 0.05) is 11.0 Å². The zero-order valence-corrected chi connectivity index (χ0v) is 11.7. The first kappa shape index (κ1) is 12.3. The molecular weight excluding hydrogens is 261 g/mol. The molecule has 1 aliphatic carbocycles. The van der Waals surface area contributed by atoms with Crippen LogP contribution in [0.5, 0.6) is 0 Å². The molecule has 0 saturated carbocycles. The summed E-state index contributed by atoms with van der Waals surface area (Å²) in [5.41, 5.74) is 6.00. The van der Waals surface area contributed by atoms with E-state index in [2.05, 4.69) is 18.2 Å². The molecule has 3 aromatic rings. The highest BCUT2D eigenvalue weighted by Crippen LogP contribution is 2.35. The highest BCUT2D eigenvalue weighted by molar-refractivity contribution is 5.87. The average molecular weight is 275 g/mol. The molecule has 0 aliphatic heterocycles. The number of para-hydroxylation sites is 1. The van der Waals surface area contributed by atoms with Crippen molar-refractivity contribution in [1.82, 2.24) is 4.98 Å². The van der Waals surface area contributed by atoms with Gasteiger partial charge in [-0.15, -0.1) is 0 Å². The summed E-state index contributed by atoms with van der Waals surface area (Å²) >= 11 is 0. The smallest absolute Gasteiger partial charge is 0.126 e. The zero-order chi connectivity index (χ0) is 14.4. The number of allylic oxidation sites excluding steroid dienone is 1. The molecule has 2 heteroatoms. The maximum atomic E-state index is 13.7. The van der Waals surface area contributed by atoms with Crippen LogP contribution in [0.25, 0.3) is 16.5 Å². The van der Waals surface area contributed by atoms with Crippen LogP contribution >= 0.6 is 0 Å². The molecule has 0 atom stereocenters. The number of hydrogen-bond donors (Lipinski definition) is 0. The molecule has 1 aliphatic rings. The lowest BCUT2D eigenvalue weighted by Gasteiger charge is -2.09. The lowest BCUT2D eigenvalue weighted by Crippen LogP contribution is -1.95. The minimum Gasteiger partial charge on any atom is -0.248 e. The molecule has 4 rings (SSSR count). The first-order valence-electron chi connectivity index (χ1n) is 7.09. The molecule has 0 spiro atoms. The van der Waals surface area contributed by atoms with Crippen LogP contribution in [0, 0.1) is 12.7 Å². The largest absolute Gasteiger partial charge is 0.248 e. The minimum atomic E-state index is -0.130. The van der Waals surface area contributed by atoms with Crippen molar-refractivity contribution in [2.45, 2.75) is 13.3 Å². The van der Waals surface area contributed by atoms with E-state index in [-0.39, 0.29) is 5.82 Å². The van der Waals surface area contributed by atoms with Gasteiger partial charge in [-0.1, -0.05) is 36.4 Å². The van der Waals surface area contributed by atoms with Gasteiger partial charge in [-0.3, -0.25) is 0 Å². The summed E-state index contributed by atoms with van der Waals surface area (Å²) in [7, 11) is 0. The number of fused-ring (bicyclic) bond motifs is 2. The fraction of sp³-hybridized carbons (Fsp3) is 0.105. The molecule has 1 aromatic heterocycles. The summed E-state index contributed by atoms with van der Waals surface area (Å²) in [5.74, 6) is -0.130. The first-order chi connectivity index (χ1) is 10.2. The molecule has 0 saturated heterocycles. The van der Waals surface area contributed by atoms with Crippen LogP contribution in [0.2, 0.25) is 0 Å². The van der Waals surface area contributed by atoms with E-state index in [9.17, 15) is 4.39 Å². The van der Waals surface area contributed by atoms with Crippen molar-refractivity contribution < 1.29 is 4.39 Å². The Labute approximate surface area is 122 Å². The molecule has 1 heterocycles. The minimum absolute atomic E-state index is 0.130. The molecule has 102 valence electrons. The second-order valence-corrected chi connectivity index (χ2v) is 5.41. The van der Waals surface area contributed by atoms with Crippen molar-refractivity contribution in [3.63, 3.8) is 0 Å². The summed E-state index contributed by atoms with van der Waals surface area (Å²) in [6.45, 7) is 1.85. The van der Waals surface area contributed by atoms with Crippen LogP contribution in [-0.2, 0) is 6.42 Å². The monoisotopic (exact) mass is 275 g/mol. The van der Waals surface area contributed by atoms with Gasteiger partial charge in [-0.05, 0) is 48.2 Å². The fourth-order valence-corrected chi connectivity index (χ4v) is 3.02. The fourth-order valence-electron chi connectivity index (χ4n) is 3.02. The van der Waals surface area contributed by atoms with Crippen LogP contribution < -0.4 is 0 Å². The van der Waals surface area contributed by atoms with Crippen molar-refractivity contribution in [3.8, 4) is 0 Å². The standard InChI is InChI=1S/C19H14FN/c1-12-14-7-8-16(15(14)9-10-17(12)20)19-11-6-13-4-2-3-5-18(13)21-19/h2-6,8-11H,7H2,1H3. The van der Waals surface area contributed by atoms with Gasteiger partial charge in [-0.2, -0.15) is 0 Å². The predicted molar refractivity (Wildman–Crippen MR) is 83.7 cm³/mol. The Morgan fingerprint density at radius 2 is 1.86 bits per heavy atom. The molecule has 1 nitrogen and oxygen atoms in total. The summed E-state index contributed by atoms with van der Waals surface area (Å²) in [6.07, 6.45) is 2.93. The Kier molecular flexibility index (Phi) is 2.64. The average Bonchev–Trinajstić information content (AvgIpc) is 2.95. The normalized spacial score (nSPS) is 13.3. The van der Waals surface area contributed by atoms with E-state index < -0.39 is 0 Å². The maximum absolute atomic E-state index is 13.7. The van der Waals surface area contributed by atoms with Crippen molar-refractivity contribution in [3.05, 3.63) is 82.8 Å². The molecule has 0 amide bonds. The highest BCUT2D eigenvalue weighted by Gasteiger charge is 2.20. The number of rotatable bonds is 1. The van der Waals surface area contributed by atoms with Crippen LogP contribution in [0.3, 0.4) is 0 Å².